The van der Waals surface area contributed by atoms with Crippen LogP contribution in [0.25, 0.3) is 0 Å². The lowest BCUT2D eigenvalue weighted by molar-refractivity contribution is 0.577. The van der Waals surface area contributed by atoms with Gasteiger partial charge >= 0.3 is 0 Å². The van der Waals surface area contributed by atoms with Gasteiger partial charge in [0.15, 0.2) is 0 Å². The fraction of sp³-hybridized carbons (Fsp3) is 0.500. The third-order valence-corrected chi connectivity index (χ3v) is 8.83. The van der Waals surface area contributed by atoms with Crippen LogP contribution in [0.4, 0.5) is 11.4 Å². The van der Waals surface area contributed by atoms with Gasteiger partial charge in [-0.15, -0.1) is 0 Å². The van der Waals surface area contributed by atoms with Crippen LogP contribution in [0, 0.1) is 16.6 Å². The molecule has 0 radical (unpaired) electrons. The van der Waals surface area contributed by atoms with Gasteiger partial charge in [-0.1, -0.05) is 32.9 Å². The highest BCUT2D eigenvalue weighted by Crippen LogP contribution is 2.30. The summed E-state index contributed by atoms with van der Waals surface area (Å²) in [5, 5.41) is 6.61. The summed E-state index contributed by atoms with van der Waals surface area (Å²) in [6, 6.07) is 12.2. The molecule has 0 bridgehead atoms. The van der Waals surface area contributed by atoms with E-state index in [1.165, 1.54) is 16.6 Å². The van der Waals surface area contributed by atoms with Gasteiger partial charge < -0.3 is 10.6 Å². The summed E-state index contributed by atoms with van der Waals surface area (Å²) in [6.45, 7) is 8.90. The second-order valence-electron chi connectivity index (χ2n) is 9.19. The molecule has 0 saturated carbocycles. The predicted molar refractivity (Wildman–Crippen MR) is 136 cm³/mol. The molecule has 1 heterocycles. The molecule has 2 unspecified atom stereocenters. The molecule has 0 aromatic heterocycles. The lowest BCUT2D eigenvalue weighted by Gasteiger charge is -2.27. The third-order valence-electron chi connectivity index (χ3n) is 5.87. The average Bonchev–Trinajstić information content (AvgIpc) is 3.29. The standard InChI is InChI=1S/C24H36N4O3S2/c1-5-19-6-8-21(9-7-19)28(17-18(2)3)33(30,31)22-10-11-23(24(14-22)32(4,25)29)27-16-20-12-13-26-15-20/h6-11,14,18,20,25-27H,5,12-13,15-17H2,1-4H3. The van der Waals surface area contributed by atoms with Crippen LogP contribution in [-0.2, 0) is 26.2 Å². The quantitative estimate of drug-likeness (QED) is 0.462. The molecule has 1 saturated heterocycles. The van der Waals surface area contributed by atoms with Gasteiger partial charge in [0.2, 0.25) is 0 Å². The van der Waals surface area contributed by atoms with Crippen LogP contribution >= 0.6 is 0 Å². The molecule has 3 rings (SSSR count). The molecule has 1 fully saturated rings. The van der Waals surface area contributed by atoms with Crippen molar-refractivity contribution < 1.29 is 12.6 Å². The van der Waals surface area contributed by atoms with Crippen molar-refractivity contribution >= 4 is 31.1 Å². The Morgan fingerprint density at radius 3 is 2.39 bits per heavy atom. The van der Waals surface area contributed by atoms with Crippen LogP contribution in [0.15, 0.2) is 52.3 Å². The Morgan fingerprint density at radius 2 is 1.85 bits per heavy atom. The lowest BCUT2D eigenvalue weighted by Crippen LogP contribution is -2.34. The minimum Gasteiger partial charge on any atom is -0.384 e. The van der Waals surface area contributed by atoms with E-state index >= 15 is 0 Å². The van der Waals surface area contributed by atoms with Gasteiger partial charge in [0.05, 0.1) is 30.9 Å². The fourth-order valence-corrected chi connectivity index (χ4v) is 6.61. The highest BCUT2D eigenvalue weighted by atomic mass is 32.2. The minimum atomic E-state index is -3.91. The van der Waals surface area contributed by atoms with Crippen LogP contribution in [0.3, 0.4) is 0 Å². The maximum Gasteiger partial charge on any atom is 0.264 e. The number of aryl methyl sites for hydroxylation is 1. The molecule has 1 aliphatic rings. The zero-order valence-electron chi connectivity index (χ0n) is 19.9. The van der Waals surface area contributed by atoms with Crippen molar-refractivity contribution in [3.63, 3.8) is 0 Å². The van der Waals surface area contributed by atoms with Gasteiger partial charge in [-0.3, -0.25) is 4.31 Å². The summed E-state index contributed by atoms with van der Waals surface area (Å²) in [7, 11) is -7.06. The molecule has 9 heteroatoms. The van der Waals surface area contributed by atoms with Crippen molar-refractivity contribution in [2.75, 3.05) is 42.1 Å². The minimum absolute atomic E-state index is 0.0487. The van der Waals surface area contributed by atoms with Crippen molar-refractivity contribution in [1.82, 2.24) is 5.32 Å². The Kier molecular flexibility index (Phi) is 8.08. The topological polar surface area (TPSA) is 102 Å². The molecule has 182 valence electrons. The molecular formula is C24H36N4O3S2. The zero-order chi connectivity index (χ0) is 24.2. The number of sulfonamides is 1. The van der Waals surface area contributed by atoms with E-state index in [9.17, 15) is 12.6 Å². The van der Waals surface area contributed by atoms with E-state index < -0.39 is 19.8 Å². The number of hydrogen-bond acceptors (Lipinski definition) is 6. The first-order valence-corrected chi connectivity index (χ1v) is 14.9. The van der Waals surface area contributed by atoms with Crippen LogP contribution in [0.1, 0.15) is 32.8 Å². The van der Waals surface area contributed by atoms with Crippen LogP contribution < -0.4 is 14.9 Å². The fourth-order valence-electron chi connectivity index (χ4n) is 3.97. The molecular weight excluding hydrogens is 456 g/mol. The molecule has 0 aliphatic carbocycles. The highest BCUT2D eigenvalue weighted by Gasteiger charge is 2.28. The zero-order valence-corrected chi connectivity index (χ0v) is 21.6. The Bertz CT molecular complexity index is 1150. The smallest absolute Gasteiger partial charge is 0.264 e. The van der Waals surface area contributed by atoms with Crippen molar-refractivity contribution in [3.8, 4) is 0 Å². The first-order chi connectivity index (χ1) is 15.5. The summed E-state index contributed by atoms with van der Waals surface area (Å²) in [5.41, 5.74) is 2.29. The van der Waals surface area contributed by atoms with Gasteiger partial charge in [0.1, 0.15) is 0 Å². The normalized spacial score (nSPS) is 18.3. The molecule has 0 spiro atoms. The van der Waals surface area contributed by atoms with Crippen LogP contribution in [0.5, 0.6) is 0 Å². The monoisotopic (exact) mass is 492 g/mol. The van der Waals surface area contributed by atoms with Gasteiger partial charge in [0, 0.05) is 19.3 Å². The highest BCUT2D eigenvalue weighted by molar-refractivity contribution is 7.93. The second kappa shape index (κ2) is 10.4. The van der Waals surface area contributed by atoms with Gasteiger partial charge in [-0.2, -0.15) is 0 Å². The van der Waals surface area contributed by atoms with Crippen molar-refractivity contribution in [2.24, 2.45) is 11.8 Å². The van der Waals surface area contributed by atoms with E-state index in [1.807, 2.05) is 38.1 Å². The molecule has 2 aromatic carbocycles. The number of anilines is 2. The van der Waals surface area contributed by atoms with Gasteiger partial charge in [-0.25, -0.2) is 17.4 Å². The first kappa shape index (κ1) is 25.5. The predicted octanol–water partition coefficient (Wildman–Crippen LogP) is 4.16. The van der Waals surface area contributed by atoms with Gasteiger partial charge in [0.25, 0.3) is 10.0 Å². The molecule has 0 amide bonds. The molecule has 3 N–H and O–H groups in total. The van der Waals surface area contributed by atoms with Crippen molar-refractivity contribution in [3.05, 3.63) is 48.0 Å². The number of hydrogen-bond donors (Lipinski definition) is 3. The SMILES string of the molecule is CCc1ccc(N(CC(C)C)S(=O)(=O)c2ccc(NCC3CCNC3)c(S(C)(=N)=O)c2)cc1. The van der Waals surface area contributed by atoms with E-state index in [1.54, 1.807) is 12.1 Å². The van der Waals surface area contributed by atoms with Crippen molar-refractivity contribution in [2.45, 2.75) is 43.4 Å². The molecule has 2 aromatic rings. The number of nitrogens with one attached hydrogen (secondary N) is 3. The molecule has 1 aliphatic heterocycles. The number of rotatable bonds is 10. The molecule has 33 heavy (non-hydrogen) atoms. The average molecular weight is 493 g/mol. The number of nitrogens with zero attached hydrogens (tertiary/aromatic N) is 1. The van der Waals surface area contributed by atoms with E-state index in [2.05, 4.69) is 17.6 Å². The Hall–Kier alpha value is -2.10. The lowest BCUT2D eigenvalue weighted by atomic mass is 10.1. The Balaban J connectivity index is 1.99. The summed E-state index contributed by atoms with van der Waals surface area (Å²) in [6.07, 6.45) is 3.26. The number of benzene rings is 2. The third kappa shape index (κ3) is 6.28. The molecule has 7 nitrogen and oxygen atoms in total. The Labute approximate surface area is 199 Å². The summed E-state index contributed by atoms with van der Waals surface area (Å²) in [5.74, 6) is 0.560. The van der Waals surface area contributed by atoms with Crippen LogP contribution in [0.2, 0.25) is 0 Å². The maximum atomic E-state index is 13.7. The van der Waals surface area contributed by atoms with Crippen molar-refractivity contribution in [1.29, 1.82) is 4.78 Å². The summed E-state index contributed by atoms with van der Waals surface area (Å²) < 4.78 is 49.8. The largest absolute Gasteiger partial charge is 0.384 e. The Morgan fingerprint density at radius 1 is 1.15 bits per heavy atom. The summed E-state index contributed by atoms with van der Waals surface area (Å²) in [4.78, 5) is 0.271. The molecule has 2 atom stereocenters. The first-order valence-electron chi connectivity index (χ1n) is 11.5. The second-order valence-corrected chi connectivity index (χ2v) is 13.2. The van der Waals surface area contributed by atoms with E-state index in [4.69, 9.17) is 4.78 Å². The maximum absolute atomic E-state index is 13.7. The van der Waals surface area contributed by atoms with E-state index in [0.717, 1.165) is 31.5 Å². The van der Waals surface area contributed by atoms with E-state index in [-0.39, 0.29) is 15.7 Å². The van der Waals surface area contributed by atoms with E-state index in [0.29, 0.717) is 30.4 Å². The van der Waals surface area contributed by atoms with Crippen LogP contribution in [-0.4, -0.2) is 45.1 Å². The van der Waals surface area contributed by atoms with Gasteiger partial charge in [-0.05, 0) is 73.7 Å². The summed E-state index contributed by atoms with van der Waals surface area (Å²) >= 11 is 0.